The Kier molecular flexibility index (Phi) is 9.89. The van der Waals surface area contributed by atoms with Crippen molar-refractivity contribution < 1.29 is 50.1 Å². The lowest BCUT2D eigenvalue weighted by atomic mass is 9.89. The highest BCUT2D eigenvalue weighted by Crippen LogP contribution is 2.46. The Labute approximate surface area is 256 Å². The predicted molar refractivity (Wildman–Crippen MR) is 153 cm³/mol. The monoisotopic (exact) mass is 638 g/mol. The van der Waals surface area contributed by atoms with E-state index in [1.54, 1.807) is 56.3 Å². The van der Waals surface area contributed by atoms with Crippen molar-refractivity contribution in [1.82, 2.24) is 4.90 Å². The lowest BCUT2D eigenvalue weighted by Crippen LogP contribution is -2.48. The van der Waals surface area contributed by atoms with Crippen LogP contribution >= 0.6 is 0 Å². The molecule has 0 saturated carbocycles. The maximum Gasteiger partial charge on any atom is 0.416 e. The second-order valence-corrected chi connectivity index (χ2v) is 10.5. The van der Waals surface area contributed by atoms with E-state index in [-0.39, 0.29) is 25.6 Å². The van der Waals surface area contributed by atoms with Crippen LogP contribution in [0.2, 0.25) is 0 Å². The molecule has 45 heavy (non-hydrogen) atoms. The third-order valence-electron chi connectivity index (χ3n) is 7.52. The van der Waals surface area contributed by atoms with Gasteiger partial charge in [-0.2, -0.15) is 26.3 Å². The molecule has 242 valence electrons. The molecular weight excluding hydrogens is 606 g/mol. The second kappa shape index (κ2) is 13.3. The van der Waals surface area contributed by atoms with Gasteiger partial charge in [0.05, 0.1) is 50.1 Å². The summed E-state index contributed by atoms with van der Waals surface area (Å²) in [5.41, 5.74) is -1.96. The molecule has 0 fully saturated rings. The molecule has 2 amide bonds. The molecule has 0 radical (unpaired) electrons. The second-order valence-electron chi connectivity index (χ2n) is 10.5. The van der Waals surface area contributed by atoms with Gasteiger partial charge in [-0.15, -0.1) is 0 Å². The van der Waals surface area contributed by atoms with Crippen LogP contribution in [0.5, 0.6) is 11.5 Å². The summed E-state index contributed by atoms with van der Waals surface area (Å²) in [6, 6.07) is 11.8. The van der Waals surface area contributed by atoms with Gasteiger partial charge in [-0.05, 0) is 55.7 Å². The first kappa shape index (κ1) is 33.5. The van der Waals surface area contributed by atoms with Gasteiger partial charge in [0, 0.05) is 24.2 Å². The summed E-state index contributed by atoms with van der Waals surface area (Å²) < 4.78 is 97.7. The molecule has 3 aromatic carbocycles. The van der Waals surface area contributed by atoms with Crippen LogP contribution in [0.1, 0.15) is 54.1 Å². The summed E-state index contributed by atoms with van der Waals surface area (Å²) in [4.78, 5) is 29.9. The minimum Gasteiger partial charge on any atom is -0.493 e. The topological polar surface area (TPSA) is 68.3 Å². The lowest BCUT2D eigenvalue weighted by molar-refractivity contribution is -0.143. The van der Waals surface area contributed by atoms with Crippen LogP contribution in [0, 0.1) is 0 Å². The largest absolute Gasteiger partial charge is 0.493 e. The molecule has 3 aromatic rings. The van der Waals surface area contributed by atoms with E-state index in [0.29, 0.717) is 40.4 Å². The number of anilines is 1. The van der Waals surface area contributed by atoms with Gasteiger partial charge in [0.15, 0.2) is 11.5 Å². The fraction of sp³-hybridized carbons (Fsp3) is 0.375. The number of halogens is 6. The van der Waals surface area contributed by atoms with Gasteiger partial charge in [-0.3, -0.25) is 9.69 Å². The fourth-order valence-corrected chi connectivity index (χ4v) is 5.47. The van der Waals surface area contributed by atoms with E-state index in [0.717, 1.165) is 0 Å². The molecule has 0 spiro atoms. The number of hydrogen-bond acceptors (Lipinski definition) is 5. The van der Waals surface area contributed by atoms with Gasteiger partial charge in [0.1, 0.15) is 0 Å². The molecular formula is C32H32F6N2O5. The number of amides is 2. The third kappa shape index (κ3) is 7.46. The van der Waals surface area contributed by atoms with Gasteiger partial charge in [0.25, 0.3) is 0 Å². The number of fused-ring (bicyclic) bond motifs is 1. The lowest BCUT2D eigenvalue weighted by Gasteiger charge is -2.43. The van der Waals surface area contributed by atoms with Gasteiger partial charge in [-0.25, -0.2) is 4.79 Å². The van der Waals surface area contributed by atoms with E-state index in [9.17, 15) is 35.9 Å². The Hall–Kier alpha value is -4.42. The maximum atomic E-state index is 14.1. The first-order chi connectivity index (χ1) is 21.2. The van der Waals surface area contributed by atoms with Gasteiger partial charge < -0.3 is 19.1 Å². The normalized spacial score (nSPS) is 16.5. The SMILES string of the molecule is CCOC(=O)N1c2cc(OC)c(OC)cc2[C@@H](N(Cc2ccccc2)C(=O)Cc2cc(C(F)(F)F)cc(C(F)(F)F)c2)C[C@H]1C. The summed E-state index contributed by atoms with van der Waals surface area (Å²) in [6.45, 7) is 3.49. The molecule has 1 aliphatic rings. The van der Waals surface area contributed by atoms with Crippen LogP contribution in [0.4, 0.5) is 36.8 Å². The molecule has 2 atom stereocenters. The number of alkyl halides is 6. The summed E-state index contributed by atoms with van der Waals surface area (Å²) in [5.74, 6) is -0.128. The average Bonchev–Trinajstić information content (AvgIpc) is 2.98. The molecule has 0 aromatic heterocycles. The van der Waals surface area contributed by atoms with Gasteiger partial charge >= 0.3 is 18.4 Å². The van der Waals surface area contributed by atoms with Crippen LogP contribution in [0.15, 0.2) is 60.7 Å². The molecule has 13 heteroatoms. The first-order valence-corrected chi connectivity index (χ1v) is 14.0. The predicted octanol–water partition coefficient (Wildman–Crippen LogP) is 7.81. The van der Waals surface area contributed by atoms with Crippen molar-refractivity contribution in [2.75, 3.05) is 25.7 Å². The number of ether oxygens (including phenoxy) is 3. The van der Waals surface area contributed by atoms with Crippen molar-refractivity contribution in [1.29, 1.82) is 0 Å². The van der Waals surface area contributed by atoms with Crippen LogP contribution in [-0.4, -0.2) is 43.8 Å². The van der Waals surface area contributed by atoms with Crippen LogP contribution in [-0.2, 0) is 34.8 Å². The molecule has 7 nitrogen and oxygen atoms in total. The number of methoxy groups -OCH3 is 2. The minimum atomic E-state index is -5.06. The zero-order valence-electron chi connectivity index (χ0n) is 25.0. The van der Waals surface area contributed by atoms with Crippen molar-refractivity contribution in [2.45, 2.75) is 57.7 Å². The molecule has 1 aliphatic heterocycles. The number of nitrogens with zero attached hydrogens (tertiary/aromatic N) is 2. The van der Waals surface area contributed by atoms with Crippen molar-refractivity contribution in [3.63, 3.8) is 0 Å². The van der Waals surface area contributed by atoms with E-state index in [4.69, 9.17) is 14.2 Å². The Morgan fingerprint density at radius 2 is 1.44 bits per heavy atom. The molecule has 0 unspecified atom stereocenters. The standard InChI is InChI=1S/C32H32F6N2O5/c1-5-45-30(42)40-19(2)11-25(24-16-27(43-3)28(44-4)17-26(24)40)39(18-20-9-7-6-8-10-20)29(41)14-21-12-22(31(33,34)35)15-23(13-21)32(36,37)38/h6-10,12-13,15-17,19,25H,5,11,14,18H2,1-4H3/t19-,25+/m1/s1. The number of hydrogen-bond donors (Lipinski definition) is 0. The minimum absolute atomic E-state index is 0.0185. The molecule has 0 N–H and O–H groups in total. The molecule has 0 aliphatic carbocycles. The van der Waals surface area contributed by atoms with Crippen LogP contribution < -0.4 is 14.4 Å². The Morgan fingerprint density at radius 3 is 1.98 bits per heavy atom. The Balaban J connectivity index is 1.85. The van der Waals surface area contributed by atoms with E-state index in [1.165, 1.54) is 24.0 Å². The van der Waals surface area contributed by atoms with E-state index >= 15 is 0 Å². The number of benzene rings is 3. The Morgan fingerprint density at radius 1 is 0.867 bits per heavy atom. The fourth-order valence-electron chi connectivity index (χ4n) is 5.47. The van der Waals surface area contributed by atoms with Crippen molar-refractivity contribution in [2.24, 2.45) is 0 Å². The number of carbonyl (C=O) groups is 2. The average molecular weight is 639 g/mol. The quantitative estimate of drug-likeness (QED) is 0.236. The zero-order valence-corrected chi connectivity index (χ0v) is 25.0. The van der Waals surface area contributed by atoms with Crippen molar-refractivity contribution in [3.8, 4) is 11.5 Å². The van der Waals surface area contributed by atoms with Crippen LogP contribution in [0.25, 0.3) is 0 Å². The smallest absolute Gasteiger partial charge is 0.416 e. The van der Waals surface area contributed by atoms with E-state index in [2.05, 4.69) is 0 Å². The number of carbonyl (C=O) groups excluding carboxylic acids is 2. The first-order valence-electron chi connectivity index (χ1n) is 14.0. The maximum absolute atomic E-state index is 14.1. The summed E-state index contributed by atoms with van der Waals surface area (Å²) >= 11 is 0. The summed E-state index contributed by atoms with van der Waals surface area (Å²) in [5, 5.41) is 0. The van der Waals surface area contributed by atoms with E-state index in [1.807, 2.05) is 0 Å². The van der Waals surface area contributed by atoms with E-state index < -0.39 is 59.5 Å². The molecule has 4 rings (SSSR count). The summed E-state index contributed by atoms with van der Waals surface area (Å²) in [7, 11) is 2.82. The highest BCUT2D eigenvalue weighted by Gasteiger charge is 2.41. The highest BCUT2D eigenvalue weighted by atomic mass is 19.4. The molecule has 1 heterocycles. The third-order valence-corrected chi connectivity index (χ3v) is 7.52. The van der Waals surface area contributed by atoms with Crippen LogP contribution in [0.3, 0.4) is 0 Å². The van der Waals surface area contributed by atoms with Crippen molar-refractivity contribution in [3.05, 3.63) is 88.5 Å². The van der Waals surface area contributed by atoms with Gasteiger partial charge in [-0.1, -0.05) is 30.3 Å². The molecule has 0 saturated heterocycles. The van der Waals surface area contributed by atoms with Gasteiger partial charge in [0.2, 0.25) is 5.91 Å². The highest BCUT2D eigenvalue weighted by molar-refractivity contribution is 5.91. The van der Waals surface area contributed by atoms with Crippen molar-refractivity contribution >= 4 is 17.7 Å². The molecule has 0 bridgehead atoms. The zero-order chi connectivity index (χ0) is 33.1. The number of rotatable bonds is 8. The Bertz CT molecular complexity index is 1490. The summed E-state index contributed by atoms with van der Waals surface area (Å²) in [6.07, 6.45) is -11.3.